The van der Waals surface area contributed by atoms with Gasteiger partial charge in [-0.2, -0.15) is 0 Å². The number of benzene rings is 1. The van der Waals surface area contributed by atoms with Crippen LogP contribution in [0.1, 0.15) is 28.7 Å². The molecule has 4 heteroatoms. The Morgan fingerprint density at radius 1 is 1.24 bits per heavy atom. The first-order valence-electron chi connectivity index (χ1n) is 5.39. The summed E-state index contributed by atoms with van der Waals surface area (Å²) >= 11 is 0. The Morgan fingerprint density at radius 2 is 2.00 bits per heavy atom. The van der Waals surface area contributed by atoms with E-state index >= 15 is 0 Å². The molecule has 2 rings (SSSR count). The molecule has 1 aromatic carbocycles. The van der Waals surface area contributed by atoms with Crippen LogP contribution in [0.3, 0.4) is 0 Å². The van der Waals surface area contributed by atoms with E-state index in [1.807, 2.05) is 32.0 Å². The summed E-state index contributed by atoms with van der Waals surface area (Å²) in [5.74, 6) is 6.71. The zero-order valence-electron chi connectivity index (χ0n) is 9.83. The molecular formula is C13H15FN2O. The Balaban J connectivity index is 2.41. The van der Waals surface area contributed by atoms with Crippen LogP contribution in [0, 0.1) is 19.7 Å². The highest BCUT2D eigenvalue weighted by Gasteiger charge is 2.16. The van der Waals surface area contributed by atoms with Gasteiger partial charge in [-0.1, -0.05) is 6.07 Å². The minimum absolute atomic E-state index is 0.275. The van der Waals surface area contributed by atoms with Crippen LogP contribution in [-0.2, 0) is 0 Å². The Labute approximate surface area is 99.4 Å². The van der Waals surface area contributed by atoms with Crippen molar-refractivity contribution in [2.24, 2.45) is 5.84 Å². The Morgan fingerprint density at radius 3 is 2.53 bits per heavy atom. The SMILES string of the molecule is Cc1cc(F)cc(C(NN)c2ccc(C)o2)c1. The van der Waals surface area contributed by atoms with Crippen molar-refractivity contribution in [2.75, 3.05) is 0 Å². The Bertz CT molecular complexity index is 502. The van der Waals surface area contributed by atoms with E-state index in [0.29, 0.717) is 5.76 Å². The molecule has 0 saturated heterocycles. The first-order chi connectivity index (χ1) is 8.10. The highest BCUT2D eigenvalue weighted by atomic mass is 19.1. The maximum Gasteiger partial charge on any atom is 0.126 e. The molecule has 0 aliphatic carbocycles. The monoisotopic (exact) mass is 234 g/mol. The van der Waals surface area contributed by atoms with Crippen LogP contribution in [0.2, 0.25) is 0 Å². The highest BCUT2D eigenvalue weighted by Crippen LogP contribution is 2.24. The first kappa shape index (κ1) is 11.8. The molecule has 0 radical (unpaired) electrons. The molecule has 0 aliphatic rings. The molecule has 0 bridgehead atoms. The average molecular weight is 234 g/mol. The van der Waals surface area contributed by atoms with Crippen molar-refractivity contribution in [1.29, 1.82) is 0 Å². The van der Waals surface area contributed by atoms with Crippen molar-refractivity contribution < 1.29 is 8.81 Å². The maximum absolute atomic E-state index is 13.3. The summed E-state index contributed by atoms with van der Waals surface area (Å²) in [6.45, 7) is 3.70. The van der Waals surface area contributed by atoms with E-state index in [9.17, 15) is 4.39 Å². The number of hydrogen-bond acceptors (Lipinski definition) is 3. The number of hydrogen-bond donors (Lipinski definition) is 2. The third-order valence-corrected chi connectivity index (χ3v) is 2.61. The van der Waals surface area contributed by atoms with Gasteiger partial charge < -0.3 is 4.42 Å². The summed E-state index contributed by atoms with van der Waals surface area (Å²) in [5.41, 5.74) is 4.24. The molecule has 17 heavy (non-hydrogen) atoms. The molecule has 0 saturated carbocycles. The smallest absolute Gasteiger partial charge is 0.126 e. The lowest BCUT2D eigenvalue weighted by Gasteiger charge is -2.14. The minimum atomic E-state index is -0.335. The van der Waals surface area contributed by atoms with Crippen LogP contribution in [0.15, 0.2) is 34.7 Å². The minimum Gasteiger partial charge on any atom is -0.464 e. The maximum atomic E-state index is 13.3. The lowest BCUT2D eigenvalue weighted by Crippen LogP contribution is -2.28. The van der Waals surface area contributed by atoms with Crippen molar-refractivity contribution in [3.05, 3.63) is 58.8 Å². The van der Waals surface area contributed by atoms with Crippen LogP contribution in [0.5, 0.6) is 0 Å². The number of hydrazine groups is 1. The summed E-state index contributed by atoms with van der Waals surface area (Å²) < 4.78 is 18.9. The van der Waals surface area contributed by atoms with E-state index in [-0.39, 0.29) is 11.9 Å². The van der Waals surface area contributed by atoms with Crippen LogP contribution >= 0.6 is 0 Å². The normalized spacial score (nSPS) is 12.7. The predicted octanol–water partition coefficient (Wildman–Crippen LogP) is 2.59. The molecular weight excluding hydrogens is 219 g/mol. The number of rotatable bonds is 3. The van der Waals surface area contributed by atoms with Crippen LogP contribution in [0.25, 0.3) is 0 Å². The van der Waals surface area contributed by atoms with E-state index in [4.69, 9.17) is 10.3 Å². The first-order valence-corrected chi connectivity index (χ1v) is 5.39. The second-order valence-electron chi connectivity index (χ2n) is 4.11. The van der Waals surface area contributed by atoms with Gasteiger partial charge in [0.05, 0.1) is 0 Å². The molecule has 0 aliphatic heterocycles. The number of halogens is 1. The van der Waals surface area contributed by atoms with Crippen LogP contribution in [-0.4, -0.2) is 0 Å². The molecule has 1 unspecified atom stereocenters. The number of nitrogens with one attached hydrogen (secondary N) is 1. The van der Waals surface area contributed by atoms with Gasteiger partial charge in [0.1, 0.15) is 23.4 Å². The molecule has 1 atom stereocenters. The van der Waals surface area contributed by atoms with Crippen LogP contribution in [0.4, 0.5) is 4.39 Å². The molecule has 0 spiro atoms. The summed E-state index contributed by atoms with van der Waals surface area (Å²) in [6, 6.07) is 8.16. The highest BCUT2D eigenvalue weighted by molar-refractivity contribution is 5.31. The average Bonchev–Trinajstić information content (AvgIpc) is 2.64. The molecule has 0 fully saturated rings. The molecule has 0 amide bonds. The zero-order valence-corrected chi connectivity index (χ0v) is 9.83. The zero-order chi connectivity index (χ0) is 12.4. The van der Waals surface area contributed by atoms with E-state index in [0.717, 1.165) is 16.9 Å². The van der Waals surface area contributed by atoms with Crippen molar-refractivity contribution in [1.82, 2.24) is 5.43 Å². The van der Waals surface area contributed by atoms with Crippen LogP contribution < -0.4 is 11.3 Å². The second kappa shape index (κ2) is 4.69. The fraction of sp³-hybridized carbons (Fsp3) is 0.231. The lowest BCUT2D eigenvalue weighted by atomic mass is 10.0. The van der Waals surface area contributed by atoms with Gasteiger partial charge in [-0.25, -0.2) is 9.82 Å². The second-order valence-corrected chi connectivity index (χ2v) is 4.11. The summed E-state index contributed by atoms with van der Waals surface area (Å²) in [6.07, 6.45) is 0. The lowest BCUT2D eigenvalue weighted by molar-refractivity contribution is 0.434. The number of nitrogens with two attached hydrogens (primary N) is 1. The van der Waals surface area contributed by atoms with Crippen molar-refractivity contribution >= 4 is 0 Å². The van der Waals surface area contributed by atoms with E-state index in [2.05, 4.69) is 5.43 Å². The predicted molar refractivity (Wildman–Crippen MR) is 63.7 cm³/mol. The molecule has 2 aromatic rings. The topological polar surface area (TPSA) is 51.2 Å². The summed E-state index contributed by atoms with van der Waals surface area (Å²) in [7, 11) is 0. The fourth-order valence-corrected chi connectivity index (χ4v) is 1.88. The third kappa shape index (κ3) is 2.54. The van der Waals surface area contributed by atoms with E-state index in [1.54, 1.807) is 0 Å². The van der Waals surface area contributed by atoms with Crippen molar-refractivity contribution in [2.45, 2.75) is 19.9 Å². The molecule has 3 nitrogen and oxygen atoms in total. The van der Waals surface area contributed by atoms with Gasteiger partial charge in [-0.3, -0.25) is 5.84 Å². The van der Waals surface area contributed by atoms with E-state index < -0.39 is 0 Å². The fourth-order valence-electron chi connectivity index (χ4n) is 1.88. The van der Waals surface area contributed by atoms with Gasteiger partial charge in [0.25, 0.3) is 0 Å². The van der Waals surface area contributed by atoms with Gasteiger partial charge in [-0.05, 0) is 49.2 Å². The molecule has 90 valence electrons. The Hall–Kier alpha value is -1.65. The molecule has 1 heterocycles. The van der Waals surface area contributed by atoms with Gasteiger partial charge in [0.2, 0.25) is 0 Å². The third-order valence-electron chi connectivity index (χ3n) is 2.61. The summed E-state index contributed by atoms with van der Waals surface area (Å²) in [4.78, 5) is 0. The van der Waals surface area contributed by atoms with Crippen molar-refractivity contribution in [3.8, 4) is 0 Å². The number of furan rings is 1. The Kier molecular flexibility index (Phi) is 3.26. The molecule has 3 N–H and O–H groups in total. The standard InChI is InChI=1S/C13H15FN2O/c1-8-5-10(7-11(14)6-8)13(16-15)12-4-3-9(2)17-12/h3-7,13,16H,15H2,1-2H3. The summed E-state index contributed by atoms with van der Waals surface area (Å²) in [5, 5.41) is 0. The van der Waals surface area contributed by atoms with Crippen molar-refractivity contribution in [3.63, 3.8) is 0 Å². The van der Waals surface area contributed by atoms with Gasteiger partial charge >= 0.3 is 0 Å². The quantitative estimate of drug-likeness (QED) is 0.634. The largest absolute Gasteiger partial charge is 0.464 e. The molecule has 1 aromatic heterocycles. The van der Waals surface area contributed by atoms with Gasteiger partial charge in [0.15, 0.2) is 0 Å². The van der Waals surface area contributed by atoms with E-state index in [1.165, 1.54) is 12.1 Å². The van der Waals surface area contributed by atoms with Gasteiger partial charge in [0, 0.05) is 0 Å². The number of aryl methyl sites for hydroxylation is 2. The van der Waals surface area contributed by atoms with Gasteiger partial charge in [-0.15, -0.1) is 0 Å².